The molecule has 0 saturated carbocycles. The fourth-order valence-electron chi connectivity index (χ4n) is 2.10. The van der Waals surface area contributed by atoms with Gasteiger partial charge < -0.3 is 9.26 Å². The van der Waals surface area contributed by atoms with Crippen LogP contribution in [0.1, 0.15) is 5.56 Å². The van der Waals surface area contributed by atoms with Gasteiger partial charge in [-0.1, -0.05) is 50.9 Å². The predicted molar refractivity (Wildman–Crippen MR) is 94.9 cm³/mol. The highest BCUT2D eigenvalue weighted by Gasteiger charge is 2.11. The Hall–Kier alpha value is -2.67. The topological polar surface area (TPSA) is 64.4 Å². The molecule has 1 amide bonds. The van der Waals surface area contributed by atoms with Crippen molar-refractivity contribution in [3.05, 3.63) is 64.4 Å². The van der Waals surface area contributed by atoms with E-state index in [4.69, 9.17) is 9.26 Å². The summed E-state index contributed by atoms with van der Waals surface area (Å²) in [5.74, 6) is -0.839. The molecule has 0 fully saturated rings. The van der Waals surface area contributed by atoms with Gasteiger partial charge >= 0.3 is 0 Å². The second-order valence-corrected chi connectivity index (χ2v) is 6.27. The molecule has 0 aliphatic rings. The van der Waals surface area contributed by atoms with Gasteiger partial charge in [-0.25, -0.2) is 4.39 Å². The number of hydrogen-bond donors (Lipinski definition) is 1. The molecule has 0 aliphatic heterocycles. The van der Waals surface area contributed by atoms with Gasteiger partial charge in [0.1, 0.15) is 5.69 Å². The zero-order valence-electron chi connectivity index (χ0n) is 13.3. The zero-order valence-corrected chi connectivity index (χ0v) is 14.8. The van der Waals surface area contributed by atoms with E-state index in [0.29, 0.717) is 10.2 Å². The molecule has 1 heterocycles. The summed E-state index contributed by atoms with van der Waals surface area (Å²) in [6, 6.07) is 13.7. The molecule has 25 heavy (non-hydrogen) atoms. The molecule has 3 aromatic rings. The van der Waals surface area contributed by atoms with E-state index in [1.165, 1.54) is 12.1 Å². The molecule has 2 aromatic carbocycles. The number of nitrogens with one attached hydrogen (secondary N) is 1. The molecular weight excluding hydrogens is 391 g/mol. The second-order valence-electron chi connectivity index (χ2n) is 5.35. The lowest BCUT2D eigenvalue weighted by Crippen LogP contribution is -2.20. The van der Waals surface area contributed by atoms with Crippen molar-refractivity contribution in [2.24, 2.45) is 0 Å². The van der Waals surface area contributed by atoms with Gasteiger partial charge in [-0.2, -0.15) is 0 Å². The molecule has 5 nitrogen and oxygen atoms in total. The molecule has 0 radical (unpaired) electrons. The van der Waals surface area contributed by atoms with Gasteiger partial charge in [0.05, 0.1) is 0 Å². The van der Waals surface area contributed by atoms with Gasteiger partial charge in [0.15, 0.2) is 18.2 Å². The zero-order chi connectivity index (χ0) is 17.8. The Balaban J connectivity index is 1.59. The van der Waals surface area contributed by atoms with Crippen molar-refractivity contribution in [3.8, 4) is 17.0 Å². The Morgan fingerprint density at radius 1 is 1.24 bits per heavy atom. The minimum Gasteiger partial charge on any atom is -0.481 e. The fourth-order valence-corrected chi connectivity index (χ4v) is 2.44. The molecule has 0 unspecified atom stereocenters. The first-order valence-electron chi connectivity index (χ1n) is 7.43. The summed E-state index contributed by atoms with van der Waals surface area (Å²) in [5.41, 5.74) is 2.62. The Kier molecular flexibility index (Phi) is 5.14. The monoisotopic (exact) mass is 404 g/mol. The highest BCUT2D eigenvalue weighted by Crippen LogP contribution is 2.23. The van der Waals surface area contributed by atoms with E-state index in [9.17, 15) is 9.18 Å². The van der Waals surface area contributed by atoms with Crippen LogP contribution in [0.2, 0.25) is 0 Å². The van der Waals surface area contributed by atoms with Gasteiger partial charge in [-0.05, 0) is 25.1 Å². The van der Waals surface area contributed by atoms with Gasteiger partial charge in [0.2, 0.25) is 5.88 Å². The smallest absolute Gasteiger partial charge is 0.264 e. The van der Waals surface area contributed by atoms with Crippen LogP contribution in [0.15, 0.2) is 57.5 Å². The number of amides is 1. The Labute approximate surface area is 151 Å². The largest absolute Gasteiger partial charge is 0.481 e. The summed E-state index contributed by atoms with van der Waals surface area (Å²) in [7, 11) is 0. The van der Waals surface area contributed by atoms with Crippen LogP contribution in [0.4, 0.5) is 10.3 Å². The van der Waals surface area contributed by atoms with Crippen LogP contribution in [-0.2, 0) is 4.79 Å². The first-order chi connectivity index (χ1) is 12.0. The SMILES string of the molecule is Cc1ccc(-c2cc(NC(=O)COc3ccc(Br)cc3F)on2)cc1. The molecule has 128 valence electrons. The number of hydrogen-bond acceptors (Lipinski definition) is 4. The second kappa shape index (κ2) is 7.48. The molecule has 1 aromatic heterocycles. The number of carbonyl (C=O) groups excluding carboxylic acids is 1. The lowest BCUT2D eigenvalue weighted by Gasteiger charge is -2.06. The molecular formula is C18H14BrFN2O3. The highest BCUT2D eigenvalue weighted by atomic mass is 79.9. The average Bonchev–Trinajstić information content (AvgIpc) is 3.03. The summed E-state index contributed by atoms with van der Waals surface area (Å²) >= 11 is 3.15. The average molecular weight is 405 g/mol. The van der Waals surface area contributed by atoms with Crippen LogP contribution < -0.4 is 10.1 Å². The van der Waals surface area contributed by atoms with Crippen molar-refractivity contribution in [2.45, 2.75) is 6.92 Å². The maximum Gasteiger partial charge on any atom is 0.264 e. The third-order valence-electron chi connectivity index (χ3n) is 3.37. The minimum absolute atomic E-state index is 0.00346. The summed E-state index contributed by atoms with van der Waals surface area (Å²) in [6.07, 6.45) is 0. The summed E-state index contributed by atoms with van der Waals surface area (Å²) in [4.78, 5) is 11.9. The van der Waals surface area contributed by atoms with E-state index in [2.05, 4.69) is 26.4 Å². The molecule has 0 atom stereocenters. The summed E-state index contributed by atoms with van der Waals surface area (Å²) in [5, 5.41) is 6.44. The molecule has 0 saturated heterocycles. The number of anilines is 1. The Morgan fingerprint density at radius 2 is 2.00 bits per heavy atom. The maximum atomic E-state index is 13.6. The Morgan fingerprint density at radius 3 is 2.72 bits per heavy atom. The first kappa shape index (κ1) is 17.2. The number of benzene rings is 2. The summed E-state index contributed by atoms with van der Waals surface area (Å²) in [6.45, 7) is 1.64. The number of halogens is 2. The van der Waals surface area contributed by atoms with Crippen molar-refractivity contribution in [3.63, 3.8) is 0 Å². The van der Waals surface area contributed by atoms with Gasteiger partial charge in [0.25, 0.3) is 5.91 Å². The van der Waals surface area contributed by atoms with Crippen molar-refractivity contribution >= 4 is 27.7 Å². The molecule has 7 heteroatoms. The van der Waals surface area contributed by atoms with Crippen LogP contribution in [-0.4, -0.2) is 17.7 Å². The number of ether oxygens (including phenoxy) is 1. The maximum absolute atomic E-state index is 13.6. The lowest BCUT2D eigenvalue weighted by molar-refractivity contribution is -0.118. The van der Waals surface area contributed by atoms with E-state index >= 15 is 0 Å². The van der Waals surface area contributed by atoms with Crippen molar-refractivity contribution in [2.75, 3.05) is 11.9 Å². The molecule has 1 N–H and O–H groups in total. The normalized spacial score (nSPS) is 10.5. The predicted octanol–water partition coefficient (Wildman–Crippen LogP) is 4.57. The number of aryl methyl sites for hydroxylation is 1. The highest BCUT2D eigenvalue weighted by molar-refractivity contribution is 9.10. The van der Waals surface area contributed by atoms with Crippen LogP contribution in [0.5, 0.6) is 5.75 Å². The molecule has 3 rings (SSSR count). The number of aromatic nitrogens is 1. The van der Waals surface area contributed by atoms with Crippen LogP contribution in [0.25, 0.3) is 11.3 Å². The molecule has 0 aliphatic carbocycles. The minimum atomic E-state index is -0.552. The van der Waals surface area contributed by atoms with Crippen molar-refractivity contribution in [1.82, 2.24) is 5.16 Å². The fraction of sp³-hybridized carbons (Fsp3) is 0.111. The standard InChI is InChI=1S/C18H14BrFN2O3/c1-11-2-4-12(5-3-11)15-9-18(25-22-15)21-17(23)10-24-16-7-6-13(19)8-14(16)20/h2-9H,10H2,1H3,(H,21,23). The van der Waals surface area contributed by atoms with E-state index < -0.39 is 11.7 Å². The van der Waals surface area contributed by atoms with Crippen LogP contribution in [0.3, 0.4) is 0 Å². The van der Waals surface area contributed by atoms with E-state index in [1.807, 2.05) is 31.2 Å². The van der Waals surface area contributed by atoms with Gasteiger partial charge in [-0.15, -0.1) is 0 Å². The van der Waals surface area contributed by atoms with Crippen LogP contribution >= 0.6 is 15.9 Å². The van der Waals surface area contributed by atoms with Crippen molar-refractivity contribution < 1.29 is 18.4 Å². The van der Waals surface area contributed by atoms with Crippen molar-refractivity contribution in [1.29, 1.82) is 0 Å². The Bertz CT molecular complexity index is 894. The van der Waals surface area contributed by atoms with E-state index in [0.717, 1.165) is 11.1 Å². The quantitative estimate of drug-likeness (QED) is 0.676. The third-order valence-corrected chi connectivity index (χ3v) is 3.87. The van der Waals surface area contributed by atoms with Gasteiger partial charge in [-0.3, -0.25) is 10.1 Å². The summed E-state index contributed by atoms with van der Waals surface area (Å²) < 4.78 is 24.5. The van der Waals surface area contributed by atoms with E-state index in [-0.39, 0.29) is 18.2 Å². The number of carbonyl (C=O) groups is 1. The number of nitrogens with zero attached hydrogens (tertiary/aromatic N) is 1. The lowest BCUT2D eigenvalue weighted by atomic mass is 10.1. The first-order valence-corrected chi connectivity index (χ1v) is 8.22. The molecule has 0 bridgehead atoms. The van der Waals surface area contributed by atoms with E-state index in [1.54, 1.807) is 12.1 Å². The van der Waals surface area contributed by atoms with Crippen LogP contribution in [0, 0.1) is 12.7 Å². The third kappa shape index (κ3) is 4.45. The van der Waals surface area contributed by atoms with Gasteiger partial charge in [0, 0.05) is 16.1 Å². The molecule has 0 spiro atoms. The number of rotatable bonds is 5.